The minimum Gasteiger partial charge on any atom is -0.493 e. The number of carboxylic acids is 1. The van der Waals surface area contributed by atoms with Crippen molar-refractivity contribution in [1.29, 1.82) is 0 Å². The molecule has 138 valence electrons. The van der Waals surface area contributed by atoms with E-state index in [4.69, 9.17) is 26.2 Å². The second kappa shape index (κ2) is 9.68. The van der Waals surface area contributed by atoms with Gasteiger partial charge >= 0.3 is 5.97 Å². The molecule has 0 fully saturated rings. The number of halogens is 1. The average Bonchev–Trinajstić information content (AvgIpc) is 2.64. The Labute approximate surface area is 156 Å². The molecule has 0 saturated carbocycles. The van der Waals surface area contributed by atoms with Crippen LogP contribution < -0.4 is 14.8 Å². The Morgan fingerprint density at radius 1 is 1.12 bits per heavy atom. The summed E-state index contributed by atoms with van der Waals surface area (Å²) >= 11 is 6.30. The molecule has 6 nitrogen and oxygen atoms in total. The lowest BCUT2D eigenvalue weighted by Crippen LogP contribution is -2.23. The van der Waals surface area contributed by atoms with Crippen molar-refractivity contribution in [2.45, 2.75) is 26.0 Å². The van der Waals surface area contributed by atoms with Crippen molar-refractivity contribution in [3.05, 3.63) is 58.6 Å². The fourth-order valence-electron chi connectivity index (χ4n) is 2.25. The summed E-state index contributed by atoms with van der Waals surface area (Å²) in [4.78, 5) is 22.1. The van der Waals surface area contributed by atoms with E-state index < -0.39 is 5.97 Å². The number of nitrogens with one attached hydrogen (secondary N) is 1. The maximum absolute atomic E-state index is 11.6. The molecule has 0 saturated heterocycles. The highest BCUT2D eigenvalue weighted by molar-refractivity contribution is 6.32. The van der Waals surface area contributed by atoms with E-state index in [0.29, 0.717) is 23.1 Å². The third-order valence-corrected chi connectivity index (χ3v) is 3.85. The maximum Gasteiger partial charge on any atom is 0.303 e. The lowest BCUT2D eigenvalue weighted by molar-refractivity contribution is -0.138. The van der Waals surface area contributed by atoms with E-state index in [-0.39, 0.29) is 25.3 Å². The number of carboxylic acid groups (broad SMARTS) is 1. The van der Waals surface area contributed by atoms with Gasteiger partial charge in [-0.1, -0.05) is 41.9 Å². The van der Waals surface area contributed by atoms with Gasteiger partial charge in [-0.2, -0.15) is 0 Å². The largest absolute Gasteiger partial charge is 0.493 e. The summed E-state index contributed by atoms with van der Waals surface area (Å²) in [5, 5.41) is 11.6. The molecular weight excluding hydrogens is 358 g/mol. The minimum absolute atomic E-state index is 0.0710. The number of benzene rings is 2. The van der Waals surface area contributed by atoms with Crippen LogP contribution in [0.4, 0.5) is 0 Å². The Balaban J connectivity index is 2.01. The topological polar surface area (TPSA) is 84.9 Å². The molecule has 0 atom stereocenters. The van der Waals surface area contributed by atoms with Gasteiger partial charge in [0.1, 0.15) is 6.61 Å². The fraction of sp³-hybridized carbons (Fsp3) is 0.263. The van der Waals surface area contributed by atoms with Crippen molar-refractivity contribution in [3.8, 4) is 11.5 Å². The van der Waals surface area contributed by atoms with Crippen LogP contribution in [0.25, 0.3) is 0 Å². The normalized spacial score (nSPS) is 10.2. The first-order valence-corrected chi connectivity index (χ1v) is 8.39. The predicted octanol–water partition coefficient (Wildman–Crippen LogP) is 3.41. The Morgan fingerprint density at radius 2 is 1.85 bits per heavy atom. The smallest absolute Gasteiger partial charge is 0.303 e. The highest BCUT2D eigenvalue weighted by Gasteiger charge is 2.13. The molecule has 2 aromatic rings. The van der Waals surface area contributed by atoms with Crippen molar-refractivity contribution in [2.75, 3.05) is 7.11 Å². The molecule has 7 heteroatoms. The quantitative estimate of drug-likeness (QED) is 0.699. The number of aliphatic carboxylic acids is 1. The van der Waals surface area contributed by atoms with Crippen molar-refractivity contribution in [1.82, 2.24) is 5.32 Å². The number of amides is 1. The van der Waals surface area contributed by atoms with Crippen molar-refractivity contribution < 1.29 is 24.2 Å². The second-order valence-corrected chi connectivity index (χ2v) is 5.96. The summed E-state index contributed by atoms with van der Waals surface area (Å²) < 4.78 is 11.1. The van der Waals surface area contributed by atoms with Crippen LogP contribution in [0.15, 0.2) is 42.5 Å². The number of methoxy groups -OCH3 is 1. The van der Waals surface area contributed by atoms with Crippen molar-refractivity contribution in [2.24, 2.45) is 0 Å². The molecule has 0 aliphatic rings. The van der Waals surface area contributed by atoms with Crippen LogP contribution in [0.2, 0.25) is 5.02 Å². The first kappa shape index (κ1) is 19.6. The molecule has 2 aromatic carbocycles. The molecule has 0 unspecified atom stereocenters. The summed E-state index contributed by atoms with van der Waals surface area (Å²) in [7, 11) is 1.51. The summed E-state index contributed by atoms with van der Waals surface area (Å²) in [6, 6.07) is 13.1. The Morgan fingerprint density at radius 3 is 2.50 bits per heavy atom. The van der Waals surface area contributed by atoms with E-state index in [1.807, 2.05) is 30.3 Å². The predicted molar refractivity (Wildman–Crippen MR) is 97.5 cm³/mol. The number of rotatable bonds is 9. The van der Waals surface area contributed by atoms with E-state index in [1.54, 1.807) is 12.1 Å². The first-order chi connectivity index (χ1) is 12.5. The first-order valence-electron chi connectivity index (χ1n) is 8.01. The Bertz CT molecular complexity index is 764. The van der Waals surface area contributed by atoms with Gasteiger partial charge < -0.3 is 19.9 Å². The molecule has 2 rings (SSSR count). The van der Waals surface area contributed by atoms with Crippen LogP contribution in [0.3, 0.4) is 0 Å². The molecule has 0 spiro atoms. The Kier molecular flexibility index (Phi) is 7.29. The summed E-state index contributed by atoms with van der Waals surface area (Å²) in [6.07, 6.45) is -0.277. The third-order valence-electron chi connectivity index (χ3n) is 3.57. The third kappa shape index (κ3) is 5.97. The van der Waals surface area contributed by atoms with Crippen LogP contribution in [0.5, 0.6) is 11.5 Å². The zero-order chi connectivity index (χ0) is 18.9. The SMILES string of the molecule is COc1cc(CNC(=O)CCC(=O)O)cc(Cl)c1OCc1ccccc1. The number of hydrogen-bond donors (Lipinski definition) is 2. The lowest BCUT2D eigenvalue weighted by Gasteiger charge is -2.14. The van der Waals surface area contributed by atoms with E-state index >= 15 is 0 Å². The van der Waals surface area contributed by atoms with Crippen LogP contribution >= 0.6 is 11.6 Å². The van der Waals surface area contributed by atoms with Gasteiger partial charge in [0, 0.05) is 13.0 Å². The van der Waals surface area contributed by atoms with Gasteiger partial charge in [0.2, 0.25) is 5.91 Å². The van der Waals surface area contributed by atoms with Gasteiger partial charge in [0.15, 0.2) is 11.5 Å². The molecule has 0 bridgehead atoms. The molecule has 26 heavy (non-hydrogen) atoms. The molecular formula is C19H20ClNO5. The number of hydrogen-bond acceptors (Lipinski definition) is 4. The molecule has 0 heterocycles. The van der Waals surface area contributed by atoms with E-state index in [0.717, 1.165) is 11.1 Å². The van der Waals surface area contributed by atoms with E-state index in [9.17, 15) is 9.59 Å². The second-order valence-electron chi connectivity index (χ2n) is 5.55. The van der Waals surface area contributed by atoms with Gasteiger partial charge in [0.25, 0.3) is 0 Å². The maximum atomic E-state index is 11.6. The van der Waals surface area contributed by atoms with E-state index in [2.05, 4.69) is 5.32 Å². The molecule has 2 N–H and O–H groups in total. The summed E-state index contributed by atoms with van der Waals surface area (Å²) in [5.41, 5.74) is 1.72. The van der Waals surface area contributed by atoms with Crippen molar-refractivity contribution >= 4 is 23.5 Å². The zero-order valence-corrected chi connectivity index (χ0v) is 15.1. The van der Waals surface area contributed by atoms with Gasteiger partial charge in [-0.3, -0.25) is 9.59 Å². The fourth-order valence-corrected chi connectivity index (χ4v) is 2.54. The minimum atomic E-state index is -1.01. The molecule has 0 radical (unpaired) electrons. The highest BCUT2D eigenvalue weighted by atomic mass is 35.5. The van der Waals surface area contributed by atoms with Crippen LogP contribution in [-0.2, 0) is 22.7 Å². The standard InChI is InChI=1S/C19H20ClNO5/c1-25-16-10-14(11-21-17(22)7-8-18(23)24)9-15(20)19(16)26-12-13-5-3-2-4-6-13/h2-6,9-10H,7-8,11-12H2,1H3,(H,21,22)(H,23,24). The molecule has 0 aliphatic carbocycles. The van der Waals surface area contributed by atoms with Crippen LogP contribution in [-0.4, -0.2) is 24.1 Å². The van der Waals surface area contributed by atoms with Gasteiger partial charge in [-0.15, -0.1) is 0 Å². The molecule has 1 amide bonds. The van der Waals surface area contributed by atoms with Crippen molar-refractivity contribution in [3.63, 3.8) is 0 Å². The molecule has 0 aliphatic heterocycles. The van der Waals surface area contributed by atoms with Crippen LogP contribution in [0.1, 0.15) is 24.0 Å². The summed E-state index contributed by atoms with van der Waals surface area (Å²) in [5.74, 6) is -0.459. The number of carbonyl (C=O) groups is 2. The highest BCUT2D eigenvalue weighted by Crippen LogP contribution is 2.37. The molecule has 0 aromatic heterocycles. The van der Waals surface area contributed by atoms with Gasteiger partial charge in [0.05, 0.1) is 18.6 Å². The number of carbonyl (C=O) groups excluding carboxylic acids is 1. The number of ether oxygens (including phenoxy) is 2. The van der Waals surface area contributed by atoms with E-state index in [1.165, 1.54) is 7.11 Å². The monoisotopic (exact) mass is 377 g/mol. The van der Waals surface area contributed by atoms with Gasteiger partial charge in [-0.05, 0) is 23.3 Å². The van der Waals surface area contributed by atoms with Crippen LogP contribution in [0, 0.1) is 0 Å². The lowest BCUT2D eigenvalue weighted by atomic mass is 10.2. The zero-order valence-electron chi connectivity index (χ0n) is 14.3. The van der Waals surface area contributed by atoms with Gasteiger partial charge in [-0.25, -0.2) is 0 Å². The summed E-state index contributed by atoms with van der Waals surface area (Å²) in [6.45, 7) is 0.565. The Hall–Kier alpha value is -2.73. The average molecular weight is 378 g/mol.